The van der Waals surface area contributed by atoms with E-state index in [9.17, 15) is 0 Å². The third kappa shape index (κ3) is 2.63. The molecule has 0 spiro atoms. The summed E-state index contributed by atoms with van der Waals surface area (Å²) >= 11 is 0. The summed E-state index contributed by atoms with van der Waals surface area (Å²) in [6.07, 6.45) is 1.68. The number of nitrogens with zero attached hydrogens (tertiary/aromatic N) is 4. The number of hydrogen-bond donors (Lipinski definition) is 2. The van der Waals surface area contributed by atoms with Crippen molar-refractivity contribution in [3.8, 4) is 5.75 Å². The molecule has 4 rings (SSSR count). The topological polar surface area (TPSA) is 88.1 Å². The number of para-hydroxylation sites is 1. The molecule has 0 amide bonds. The minimum atomic E-state index is 0.332. The predicted octanol–water partition coefficient (Wildman–Crippen LogP) is 2.96. The molecule has 0 aliphatic heterocycles. The minimum Gasteiger partial charge on any atom is -0.497 e. The molecule has 0 atom stereocenters. The molecule has 0 unspecified atom stereocenters. The minimum absolute atomic E-state index is 0.332. The SMILES string of the molecule is COc1ccc(/C=N\Nc2nnc3c(n2)[nH]c2ccccc23)cc1. The van der Waals surface area contributed by atoms with Crippen LogP contribution in [0.1, 0.15) is 5.56 Å². The van der Waals surface area contributed by atoms with Gasteiger partial charge in [0.05, 0.1) is 13.3 Å². The van der Waals surface area contributed by atoms with Gasteiger partial charge < -0.3 is 9.72 Å². The average Bonchev–Trinajstić information content (AvgIpc) is 3.00. The van der Waals surface area contributed by atoms with Gasteiger partial charge in [0, 0.05) is 10.9 Å². The highest BCUT2D eigenvalue weighted by Crippen LogP contribution is 2.21. The number of nitrogens with one attached hydrogen (secondary N) is 2. The molecule has 24 heavy (non-hydrogen) atoms. The van der Waals surface area contributed by atoms with Gasteiger partial charge in [-0.05, 0) is 35.9 Å². The summed E-state index contributed by atoms with van der Waals surface area (Å²) in [6, 6.07) is 15.4. The molecule has 2 aromatic heterocycles. The van der Waals surface area contributed by atoms with E-state index >= 15 is 0 Å². The summed E-state index contributed by atoms with van der Waals surface area (Å²) in [5.41, 5.74) is 6.12. The number of aromatic nitrogens is 4. The molecule has 2 aromatic carbocycles. The van der Waals surface area contributed by atoms with Crippen LogP contribution < -0.4 is 10.2 Å². The number of methoxy groups -OCH3 is 1. The van der Waals surface area contributed by atoms with Crippen molar-refractivity contribution in [2.75, 3.05) is 12.5 Å². The van der Waals surface area contributed by atoms with E-state index in [1.807, 2.05) is 48.5 Å². The zero-order valence-electron chi connectivity index (χ0n) is 12.9. The van der Waals surface area contributed by atoms with Crippen LogP contribution >= 0.6 is 0 Å². The highest BCUT2D eigenvalue weighted by atomic mass is 16.5. The third-order valence-electron chi connectivity index (χ3n) is 3.62. The van der Waals surface area contributed by atoms with Crippen LogP contribution in [0.5, 0.6) is 5.75 Å². The quantitative estimate of drug-likeness (QED) is 0.446. The lowest BCUT2D eigenvalue weighted by Gasteiger charge is -1.99. The zero-order chi connectivity index (χ0) is 16.4. The van der Waals surface area contributed by atoms with E-state index in [2.05, 4.69) is 30.7 Å². The molecule has 0 saturated heterocycles. The zero-order valence-corrected chi connectivity index (χ0v) is 12.9. The highest BCUT2D eigenvalue weighted by molar-refractivity contribution is 6.03. The van der Waals surface area contributed by atoms with Gasteiger partial charge in [-0.3, -0.25) is 0 Å². The molecule has 0 bridgehead atoms. The molecule has 0 aliphatic rings. The summed E-state index contributed by atoms with van der Waals surface area (Å²) in [6.45, 7) is 0. The second-order valence-electron chi connectivity index (χ2n) is 5.15. The maximum absolute atomic E-state index is 5.12. The third-order valence-corrected chi connectivity index (χ3v) is 3.62. The van der Waals surface area contributed by atoms with Gasteiger partial charge in [0.15, 0.2) is 5.65 Å². The van der Waals surface area contributed by atoms with Crippen molar-refractivity contribution in [3.63, 3.8) is 0 Å². The number of fused-ring (bicyclic) bond motifs is 3. The van der Waals surface area contributed by atoms with Crippen LogP contribution in [0, 0.1) is 0 Å². The standard InChI is InChI=1S/C17H14N6O/c1-24-12-8-6-11(7-9-12)10-18-22-17-20-16-15(21-23-17)13-4-2-3-5-14(13)19-16/h2-10H,1H3,(H2,19,20,22,23)/b18-10-. The number of benzene rings is 2. The molecule has 0 radical (unpaired) electrons. The lowest BCUT2D eigenvalue weighted by atomic mass is 10.2. The van der Waals surface area contributed by atoms with Gasteiger partial charge in [-0.2, -0.15) is 10.1 Å². The van der Waals surface area contributed by atoms with Crippen molar-refractivity contribution in [2.45, 2.75) is 0 Å². The maximum atomic E-state index is 5.12. The van der Waals surface area contributed by atoms with Crippen LogP contribution in [0.2, 0.25) is 0 Å². The second kappa shape index (κ2) is 5.96. The molecule has 0 fully saturated rings. The Kier molecular flexibility index (Phi) is 3.51. The Bertz CT molecular complexity index is 1020. The highest BCUT2D eigenvalue weighted by Gasteiger charge is 2.07. The van der Waals surface area contributed by atoms with Crippen LogP contribution in [0.3, 0.4) is 0 Å². The fraction of sp³-hybridized carbons (Fsp3) is 0.0588. The van der Waals surface area contributed by atoms with Gasteiger partial charge in [-0.15, -0.1) is 10.2 Å². The molecule has 118 valence electrons. The van der Waals surface area contributed by atoms with Crippen molar-refractivity contribution in [1.82, 2.24) is 20.2 Å². The maximum Gasteiger partial charge on any atom is 0.265 e. The number of anilines is 1. The molecular formula is C17H14N6O. The van der Waals surface area contributed by atoms with Gasteiger partial charge in [0.2, 0.25) is 0 Å². The van der Waals surface area contributed by atoms with E-state index in [0.29, 0.717) is 11.6 Å². The van der Waals surface area contributed by atoms with E-state index in [1.165, 1.54) is 0 Å². The number of H-pyrrole nitrogens is 1. The van der Waals surface area contributed by atoms with E-state index in [4.69, 9.17) is 4.74 Å². The fourth-order valence-corrected chi connectivity index (χ4v) is 2.42. The van der Waals surface area contributed by atoms with Gasteiger partial charge in [0.1, 0.15) is 11.3 Å². The summed E-state index contributed by atoms with van der Waals surface area (Å²) in [5, 5.41) is 13.4. The van der Waals surface area contributed by atoms with Gasteiger partial charge in [-0.1, -0.05) is 18.2 Å². The Morgan fingerprint density at radius 2 is 1.92 bits per heavy atom. The van der Waals surface area contributed by atoms with Crippen molar-refractivity contribution < 1.29 is 4.74 Å². The van der Waals surface area contributed by atoms with Gasteiger partial charge in [0.25, 0.3) is 5.95 Å². The number of ether oxygens (including phenoxy) is 1. The van der Waals surface area contributed by atoms with E-state index in [1.54, 1.807) is 13.3 Å². The van der Waals surface area contributed by atoms with Crippen LogP contribution in [0.25, 0.3) is 22.1 Å². The first-order valence-corrected chi connectivity index (χ1v) is 7.38. The summed E-state index contributed by atoms with van der Waals surface area (Å²) in [5.74, 6) is 1.13. The molecule has 7 nitrogen and oxygen atoms in total. The first kappa shape index (κ1) is 14.1. The van der Waals surface area contributed by atoms with E-state index in [0.717, 1.165) is 27.7 Å². The second-order valence-corrected chi connectivity index (χ2v) is 5.15. The van der Waals surface area contributed by atoms with E-state index < -0.39 is 0 Å². The fourth-order valence-electron chi connectivity index (χ4n) is 2.42. The lowest BCUT2D eigenvalue weighted by Crippen LogP contribution is -1.99. The number of hydrazone groups is 1. The Morgan fingerprint density at radius 3 is 2.75 bits per heavy atom. The summed E-state index contributed by atoms with van der Waals surface area (Å²) < 4.78 is 5.12. The monoisotopic (exact) mass is 318 g/mol. The number of hydrogen-bond acceptors (Lipinski definition) is 6. The van der Waals surface area contributed by atoms with Crippen LogP contribution in [0.15, 0.2) is 53.6 Å². The molecular weight excluding hydrogens is 304 g/mol. The van der Waals surface area contributed by atoms with Gasteiger partial charge in [-0.25, -0.2) is 5.43 Å². The van der Waals surface area contributed by atoms with Crippen LogP contribution in [-0.2, 0) is 0 Å². The first-order chi connectivity index (χ1) is 11.8. The average molecular weight is 318 g/mol. The molecule has 4 aromatic rings. The van der Waals surface area contributed by atoms with Crippen molar-refractivity contribution in [2.24, 2.45) is 5.10 Å². The molecule has 0 aliphatic carbocycles. The summed E-state index contributed by atoms with van der Waals surface area (Å²) in [4.78, 5) is 7.62. The van der Waals surface area contributed by atoms with Crippen LogP contribution in [-0.4, -0.2) is 33.5 Å². The Balaban J connectivity index is 1.55. The van der Waals surface area contributed by atoms with Crippen molar-refractivity contribution in [3.05, 3.63) is 54.1 Å². The van der Waals surface area contributed by atoms with Crippen LogP contribution in [0.4, 0.5) is 5.95 Å². The normalized spacial score (nSPS) is 11.4. The predicted molar refractivity (Wildman–Crippen MR) is 93.4 cm³/mol. The lowest BCUT2D eigenvalue weighted by molar-refractivity contribution is 0.415. The van der Waals surface area contributed by atoms with Gasteiger partial charge >= 0.3 is 0 Å². The molecule has 2 heterocycles. The summed E-state index contributed by atoms with van der Waals surface area (Å²) in [7, 11) is 1.63. The smallest absolute Gasteiger partial charge is 0.265 e. The largest absolute Gasteiger partial charge is 0.497 e. The molecule has 0 saturated carbocycles. The first-order valence-electron chi connectivity index (χ1n) is 7.38. The van der Waals surface area contributed by atoms with E-state index in [-0.39, 0.29) is 0 Å². The van der Waals surface area contributed by atoms with Crippen molar-refractivity contribution in [1.29, 1.82) is 0 Å². The molecule has 2 N–H and O–H groups in total. The Labute approximate surface area is 137 Å². The van der Waals surface area contributed by atoms with Crippen molar-refractivity contribution >= 4 is 34.2 Å². The number of rotatable bonds is 4. The number of aromatic amines is 1. The molecule has 7 heteroatoms. The Hall–Kier alpha value is -3.48. The Morgan fingerprint density at radius 1 is 1.08 bits per heavy atom.